The van der Waals surface area contributed by atoms with Gasteiger partial charge < -0.3 is 19.5 Å². The van der Waals surface area contributed by atoms with Gasteiger partial charge in [-0.2, -0.15) is 0 Å². The van der Waals surface area contributed by atoms with Crippen molar-refractivity contribution in [1.82, 2.24) is 0 Å². The van der Waals surface area contributed by atoms with Crippen LogP contribution in [0.4, 0.5) is 5.00 Å². The molecule has 0 fully saturated rings. The number of halogens is 1. The Balaban J connectivity index is 1.86. The first-order valence-electron chi connectivity index (χ1n) is 11.3. The van der Waals surface area contributed by atoms with E-state index in [1.54, 1.807) is 33.3 Å². The summed E-state index contributed by atoms with van der Waals surface area (Å²) in [5.41, 5.74) is 2.48. The van der Waals surface area contributed by atoms with Crippen LogP contribution in [0.2, 0.25) is 0 Å². The lowest BCUT2D eigenvalue weighted by Gasteiger charge is -2.33. The van der Waals surface area contributed by atoms with E-state index >= 15 is 0 Å². The van der Waals surface area contributed by atoms with Gasteiger partial charge in [-0.15, -0.1) is 11.3 Å². The molecule has 184 valence electrons. The number of methoxy groups -OCH3 is 2. The molecule has 0 spiro atoms. The summed E-state index contributed by atoms with van der Waals surface area (Å²) in [6.07, 6.45) is 5.87. The van der Waals surface area contributed by atoms with Crippen molar-refractivity contribution in [3.05, 3.63) is 44.2 Å². The predicted molar refractivity (Wildman–Crippen MR) is 140 cm³/mol. The fourth-order valence-corrected chi connectivity index (χ4v) is 6.13. The van der Waals surface area contributed by atoms with Gasteiger partial charge in [0.15, 0.2) is 11.5 Å². The summed E-state index contributed by atoms with van der Waals surface area (Å²) in [5.74, 6) is 0.974. The first-order valence-corrected chi connectivity index (χ1v) is 12.9. The molecule has 1 N–H and O–H groups in total. The molecule has 0 saturated heterocycles. The van der Waals surface area contributed by atoms with Gasteiger partial charge in [-0.25, -0.2) is 4.79 Å². The molecule has 1 aliphatic carbocycles. The van der Waals surface area contributed by atoms with Gasteiger partial charge in [0, 0.05) is 11.0 Å². The van der Waals surface area contributed by atoms with Crippen molar-refractivity contribution in [2.45, 2.75) is 47.0 Å². The van der Waals surface area contributed by atoms with Crippen LogP contribution in [0.15, 0.2) is 22.7 Å². The number of esters is 1. The molecular formula is C26H32BrNO5S. The average molecular weight is 551 g/mol. The molecule has 1 amide bonds. The number of anilines is 1. The normalized spacial score (nSPS) is 15.7. The maximum absolute atomic E-state index is 12.8. The number of carbonyl (C=O) groups is 2. The Labute approximate surface area is 213 Å². The van der Waals surface area contributed by atoms with E-state index in [0.29, 0.717) is 28.0 Å². The Bertz CT molecular complexity index is 1100. The van der Waals surface area contributed by atoms with Crippen molar-refractivity contribution in [2.75, 3.05) is 26.1 Å². The zero-order chi connectivity index (χ0) is 25.0. The summed E-state index contributed by atoms with van der Waals surface area (Å²) in [5, 5.41) is 3.48. The number of hydrogen-bond acceptors (Lipinski definition) is 6. The van der Waals surface area contributed by atoms with E-state index in [0.717, 1.165) is 39.7 Å². The highest BCUT2D eigenvalue weighted by Crippen LogP contribution is 2.44. The summed E-state index contributed by atoms with van der Waals surface area (Å²) in [6.45, 7) is 8.83. The lowest BCUT2D eigenvalue weighted by Crippen LogP contribution is -2.26. The lowest BCUT2D eigenvalue weighted by molar-refractivity contribution is -0.111. The third kappa shape index (κ3) is 5.84. The standard InChI is InChI=1S/C26H32BrNO5S/c1-7-33-25(30)22-17-10-9-16(26(2,3)4)14-20(17)34-24(22)28-21(29)11-8-15-12-18(27)23(32-6)19(13-15)31-5/h8,11-13,16H,7,9-10,14H2,1-6H3,(H,28,29)/b11-8+. The summed E-state index contributed by atoms with van der Waals surface area (Å²) in [6, 6.07) is 3.62. The molecule has 6 nitrogen and oxygen atoms in total. The van der Waals surface area contributed by atoms with Crippen molar-refractivity contribution < 1.29 is 23.8 Å². The van der Waals surface area contributed by atoms with Crippen LogP contribution in [-0.4, -0.2) is 32.7 Å². The molecule has 1 unspecified atom stereocenters. The van der Waals surface area contributed by atoms with E-state index in [4.69, 9.17) is 14.2 Å². The first-order chi connectivity index (χ1) is 16.1. The molecule has 1 aromatic heterocycles. The van der Waals surface area contributed by atoms with Crippen LogP contribution in [-0.2, 0) is 22.4 Å². The molecule has 1 heterocycles. The fraction of sp³-hybridized carbons (Fsp3) is 0.462. The molecule has 3 rings (SSSR count). The Morgan fingerprint density at radius 1 is 1.24 bits per heavy atom. The highest BCUT2D eigenvalue weighted by molar-refractivity contribution is 9.10. The lowest BCUT2D eigenvalue weighted by atomic mass is 9.72. The number of benzene rings is 1. The van der Waals surface area contributed by atoms with E-state index in [2.05, 4.69) is 42.0 Å². The summed E-state index contributed by atoms with van der Waals surface area (Å²) < 4.78 is 16.7. The van der Waals surface area contributed by atoms with Gasteiger partial charge >= 0.3 is 5.97 Å². The van der Waals surface area contributed by atoms with Crippen LogP contribution in [0, 0.1) is 11.3 Å². The van der Waals surface area contributed by atoms with Crippen molar-refractivity contribution in [1.29, 1.82) is 0 Å². The monoisotopic (exact) mass is 549 g/mol. The maximum Gasteiger partial charge on any atom is 0.341 e. The number of ether oxygens (including phenoxy) is 3. The number of nitrogens with one attached hydrogen (secondary N) is 1. The van der Waals surface area contributed by atoms with Crippen LogP contribution in [0.25, 0.3) is 6.08 Å². The van der Waals surface area contributed by atoms with Crippen molar-refractivity contribution >= 4 is 50.2 Å². The van der Waals surface area contributed by atoms with E-state index in [1.807, 2.05) is 6.07 Å². The number of thiophene rings is 1. The van der Waals surface area contributed by atoms with Crippen LogP contribution < -0.4 is 14.8 Å². The molecule has 0 bridgehead atoms. The third-order valence-electron chi connectivity index (χ3n) is 6.09. The maximum atomic E-state index is 12.8. The SMILES string of the molecule is CCOC(=O)c1c(NC(=O)/C=C/c2cc(Br)c(OC)c(OC)c2)sc2c1CCC(C(C)(C)C)C2. The number of fused-ring (bicyclic) bond motifs is 1. The van der Waals surface area contributed by atoms with Gasteiger partial charge in [-0.1, -0.05) is 20.8 Å². The van der Waals surface area contributed by atoms with Gasteiger partial charge in [-0.3, -0.25) is 4.79 Å². The number of carbonyl (C=O) groups excluding carboxylic acids is 2. The topological polar surface area (TPSA) is 73.9 Å². The average Bonchev–Trinajstić information content (AvgIpc) is 3.13. The second-order valence-electron chi connectivity index (χ2n) is 9.29. The molecule has 8 heteroatoms. The zero-order valence-corrected chi connectivity index (χ0v) is 22.9. The second kappa shape index (κ2) is 11.0. The number of rotatable bonds is 7. The van der Waals surface area contributed by atoms with Crippen LogP contribution in [0.3, 0.4) is 0 Å². The Hall–Kier alpha value is -2.32. The summed E-state index contributed by atoms with van der Waals surface area (Å²) >= 11 is 4.95. The number of amides is 1. The zero-order valence-electron chi connectivity index (χ0n) is 20.5. The van der Waals surface area contributed by atoms with Crippen molar-refractivity contribution in [2.24, 2.45) is 11.3 Å². The first kappa shape index (κ1) is 26.3. The van der Waals surface area contributed by atoms with Crippen LogP contribution in [0.1, 0.15) is 60.5 Å². The minimum Gasteiger partial charge on any atom is -0.493 e. The largest absolute Gasteiger partial charge is 0.493 e. The molecule has 1 aliphatic rings. The van der Waals surface area contributed by atoms with Crippen molar-refractivity contribution in [3.63, 3.8) is 0 Å². The van der Waals surface area contributed by atoms with Crippen LogP contribution in [0.5, 0.6) is 11.5 Å². The molecule has 2 aromatic rings. The highest BCUT2D eigenvalue weighted by atomic mass is 79.9. The van der Waals surface area contributed by atoms with Crippen molar-refractivity contribution in [3.8, 4) is 11.5 Å². The van der Waals surface area contributed by atoms with Gasteiger partial charge in [0.1, 0.15) is 5.00 Å². The van der Waals surface area contributed by atoms with Gasteiger partial charge in [0.25, 0.3) is 0 Å². The Morgan fingerprint density at radius 2 is 1.97 bits per heavy atom. The molecule has 1 aromatic carbocycles. The van der Waals surface area contributed by atoms with Gasteiger partial charge in [0.05, 0.1) is 30.9 Å². The summed E-state index contributed by atoms with van der Waals surface area (Å²) in [4.78, 5) is 26.8. The smallest absolute Gasteiger partial charge is 0.341 e. The quantitative estimate of drug-likeness (QED) is 0.315. The molecule has 1 atom stereocenters. The molecule has 34 heavy (non-hydrogen) atoms. The second-order valence-corrected chi connectivity index (χ2v) is 11.3. The van der Waals surface area contributed by atoms with E-state index in [1.165, 1.54) is 17.4 Å². The number of hydrogen-bond donors (Lipinski definition) is 1. The minimum atomic E-state index is -0.377. The van der Waals surface area contributed by atoms with E-state index in [9.17, 15) is 9.59 Å². The van der Waals surface area contributed by atoms with E-state index in [-0.39, 0.29) is 23.9 Å². The van der Waals surface area contributed by atoms with Crippen LogP contribution >= 0.6 is 27.3 Å². The summed E-state index contributed by atoms with van der Waals surface area (Å²) in [7, 11) is 3.13. The predicted octanol–water partition coefficient (Wildman–Crippen LogP) is 6.51. The molecule has 0 aliphatic heterocycles. The van der Waals surface area contributed by atoms with E-state index < -0.39 is 0 Å². The fourth-order valence-electron chi connectivity index (χ4n) is 4.19. The molecular weight excluding hydrogens is 518 g/mol. The third-order valence-corrected chi connectivity index (χ3v) is 7.85. The molecule has 0 radical (unpaired) electrons. The van der Waals surface area contributed by atoms with Gasteiger partial charge in [-0.05, 0) is 82.8 Å². The molecule has 0 saturated carbocycles. The Morgan fingerprint density at radius 3 is 2.59 bits per heavy atom. The minimum absolute atomic E-state index is 0.186. The highest BCUT2D eigenvalue weighted by Gasteiger charge is 2.34. The van der Waals surface area contributed by atoms with Gasteiger partial charge in [0.2, 0.25) is 5.91 Å². The Kier molecular flexibility index (Phi) is 8.47.